The number of nitrogens with zero attached hydrogens (tertiary/aromatic N) is 5. The van der Waals surface area contributed by atoms with Gasteiger partial charge >= 0.3 is 0 Å². The largest absolute Gasteiger partial charge is 0.493 e. The molecule has 26 heavy (non-hydrogen) atoms. The van der Waals surface area contributed by atoms with Gasteiger partial charge in [-0.2, -0.15) is 10.2 Å². The van der Waals surface area contributed by atoms with Crippen molar-refractivity contribution in [2.75, 3.05) is 26.8 Å². The van der Waals surface area contributed by atoms with Gasteiger partial charge in [0.15, 0.2) is 23.0 Å². The highest BCUT2D eigenvalue weighted by Gasteiger charge is 2.13. The highest BCUT2D eigenvalue weighted by molar-refractivity contribution is 5.90. The summed E-state index contributed by atoms with van der Waals surface area (Å²) in [5.74, 6) is 2.23. The molecule has 0 amide bonds. The van der Waals surface area contributed by atoms with Crippen molar-refractivity contribution in [2.24, 2.45) is 12.1 Å². The first-order valence-corrected chi connectivity index (χ1v) is 7.82. The molecule has 9 heteroatoms. The van der Waals surface area contributed by atoms with Gasteiger partial charge in [-0.05, 0) is 19.1 Å². The number of aryl methyl sites for hydroxylation is 2. The molecule has 0 spiro atoms. The summed E-state index contributed by atoms with van der Waals surface area (Å²) in [6, 6.07) is 3.61. The smallest absolute Gasteiger partial charge is 0.203 e. The zero-order valence-corrected chi connectivity index (χ0v) is 15.3. The van der Waals surface area contributed by atoms with Gasteiger partial charge in [-0.25, -0.2) is 9.97 Å². The number of rotatable bonds is 6. The zero-order valence-electron chi connectivity index (χ0n) is 15.3. The summed E-state index contributed by atoms with van der Waals surface area (Å²) in [5, 5.41) is 9.45. The summed E-state index contributed by atoms with van der Waals surface area (Å²) in [5.41, 5.74) is 5.29. The normalized spacial score (nSPS) is 11.1. The van der Waals surface area contributed by atoms with Crippen LogP contribution < -0.4 is 19.6 Å². The molecule has 0 unspecified atom stereocenters. The molecule has 0 aliphatic rings. The number of fused-ring (bicyclic) bond motifs is 1. The number of hydrogen-bond donors (Lipinski definition) is 1. The van der Waals surface area contributed by atoms with Crippen molar-refractivity contribution in [1.29, 1.82) is 0 Å². The van der Waals surface area contributed by atoms with E-state index in [0.29, 0.717) is 23.1 Å². The maximum absolute atomic E-state index is 5.34. The van der Waals surface area contributed by atoms with E-state index in [9.17, 15) is 0 Å². The van der Waals surface area contributed by atoms with Crippen LogP contribution >= 0.6 is 0 Å². The van der Waals surface area contributed by atoms with E-state index in [4.69, 9.17) is 14.2 Å². The van der Waals surface area contributed by atoms with Crippen molar-refractivity contribution in [3.05, 3.63) is 29.7 Å². The maximum atomic E-state index is 5.34. The van der Waals surface area contributed by atoms with E-state index >= 15 is 0 Å². The number of aromatic nitrogens is 4. The van der Waals surface area contributed by atoms with Crippen LogP contribution in [0.3, 0.4) is 0 Å². The third-order valence-electron chi connectivity index (χ3n) is 3.87. The summed E-state index contributed by atoms with van der Waals surface area (Å²) in [7, 11) is 6.54. The number of benzene rings is 1. The van der Waals surface area contributed by atoms with Crippen LogP contribution in [0.15, 0.2) is 23.6 Å². The van der Waals surface area contributed by atoms with Gasteiger partial charge in [0, 0.05) is 12.6 Å². The average molecular weight is 356 g/mol. The Morgan fingerprint density at radius 1 is 1.08 bits per heavy atom. The molecule has 0 saturated heterocycles. The molecule has 0 radical (unpaired) electrons. The van der Waals surface area contributed by atoms with Gasteiger partial charge in [-0.15, -0.1) is 0 Å². The van der Waals surface area contributed by atoms with Crippen LogP contribution in [0.4, 0.5) is 5.82 Å². The van der Waals surface area contributed by atoms with Crippen molar-refractivity contribution >= 4 is 23.1 Å². The second-order valence-electron chi connectivity index (χ2n) is 5.46. The first kappa shape index (κ1) is 17.5. The predicted molar refractivity (Wildman–Crippen MR) is 98.4 cm³/mol. The lowest BCUT2D eigenvalue weighted by Gasteiger charge is -2.12. The van der Waals surface area contributed by atoms with Gasteiger partial charge in [-0.1, -0.05) is 0 Å². The molecule has 2 aromatic heterocycles. The lowest BCUT2D eigenvalue weighted by atomic mass is 10.2. The Labute approximate surface area is 150 Å². The quantitative estimate of drug-likeness (QED) is 0.534. The molecule has 0 aliphatic heterocycles. The Morgan fingerprint density at radius 3 is 2.38 bits per heavy atom. The third kappa shape index (κ3) is 3.10. The first-order chi connectivity index (χ1) is 12.6. The number of nitrogens with one attached hydrogen (secondary N) is 1. The van der Waals surface area contributed by atoms with E-state index < -0.39 is 0 Å². The summed E-state index contributed by atoms with van der Waals surface area (Å²) in [6.45, 7) is 1.90. The molecule has 2 heterocycles. The van der Waals surface area contributed by atoms with Crippen molar-refractivity contribution < 1.29 is 14.2 Å². The topological polar surface area (TPSA) is 95.7 Å². The van der Waals surface area contributed by atoms with Gasteiger partial charge in [0.2, 0.25) is 5.75 Å². The third-order valence-corrected chi connectivity index (χ3v) is 3.87. The molecular weight excluding hydrogens is 336 g/mol. The van der Waals surface area contributed by atoms with Crippen molar-refractivity contribution in [3.8, 4) is 17.2 Å². The minimum Gasteiger partial charge on any atom is -0.493 e. The predicted octanol–water partition coefficient (Wildman–Crippen LogP) is 2.14. The molecule has 0 bridgehead atoms. The number of hydrazone groups is 1. The van der Waals surface area contributed by atoms with Crippen molar-refractivity contribution in [2.45, 2.75) is 6.92 Å². The Hall–Kier alpha value is -3.36. The van der Waals surface area contributed by atoms with Gasteiger partial charge in [0.1, 0.15) is 6.33 Å². The Morgan fingerprint density at radius 2 is 1.77 bits per heavy atom. The van der Waals surface area contributed by atoms with E-state index in [1.807, 2.05) is 14.0 Å². The summed E-state index contributed by atoms with van der Waals surface area (Å²) in [4.78, 5) is 8.49. The molecule has 136 valence electrons. The van der Waals surface area contributed by atoms with Crippen LogP contribution in [-0.4, -0.2) is 47.3 Å². The maximum Gasteiger partial charge on any atom is 0.203 e. The van der Waals surface area contributed by atoms with E-state index in [0.717, 1.165) is 22.3 Å². The molecule has 9 nitrogen and oxygen atoms in total. The van der Waals surface area contributed by atoms with Gasteiger partial charge in [0.05, 0.1) is 38.6 Å². The molecule has 0 saturated carbocycles. The Kier molecular flexibility index (Phi) is 4.87. The van der Waals surface area contributed by atoms with Crippen molar-refractivity contribution in [1.82, 2.24) is 19.7 Å². The van der Waals surface area contributed by atoms with Gasteiger partial charge in [-0.3, -0.25) is 10.1 Å². The molecule has 1 aromatic carbocycles. The number of hydrogen-bond acceptors (Lipinski definition) is 8. The minimum absolute atomic E-state index is 0.531. The van der Waals surface area contributed by atoms with Gasteiger partial charge in [0.25, 0.3) is 0 Å². The number of methoxy groups -OCH3 is 3. The Bertz CT molecular complexity index is 942. The van der Waals surface area contributed by atoms with Crippen LogP contribution in [0, 0.1) is 6.92 Å². The Balaban J connectivity index is 1.90. The summed E-state index contributed by atoms with van der Waals surface area (Å²) >= 11 is 0. The fourth-order valence-electron chi connectivity index (χ4n) is 2.71. The zero-order chi connectivity index (χ0) is 18.7. The SMILES string of the molecule is COc1cc(/C=N/Nc2ncnc3c2c(C)nn3C)cc(OC)c1OC. The highest BCUT2D eigenvalue weighted by atomic mass is 16.5. The fraction of sp³-hybridized carbons (Fsp3) is 0.294. The van der Waals surface area contributed by atoms with Crippen LogP contribution in [0.1, 0.15) is 11.3 Å². The lowest BCUT2D eigenvalue weighted by molar-refractivity contribution is 0.324. The van der Waals surface area contributed by atoms with Crippen LogP contribution in [0.5, 0.6) is 17.2 Å². The molecule has 3 rings (SSSR count). The van der Waals surface area contributed by atoms with E-state index in [2.05, 4.69) is 25.6 Å². The standard InChI is InChI=1S/C17H20N6O3/c1-10-14-16(18-9-19-17(14)23(2)22-10)21-20-8-11-6-12(24-3)15(26-5)13(7-11)25-4/h6-9H,1-5H3,(H,18,19,21)/b20-8+. The molecule has 0 fully saturated rings. The molecule has 0 aliphatic carbocycles. The second kappa shape index (κ2) is 7.26. The van der Waals surface area contributed by atoms with E-state index in [1.165, 1.54) is 6.33 Å². The van der Waals surface area contributed by atoms with Crippen LogP contribution in [-0.2, 0) is 7.05 Å². The molecule has 3 aromatic rings. The van der Waals surface area contributed by atoms with Crippen LogP contribution in [0.2, 0.25) is 0 Å². The van der Waals surface area contributed by atoms with Crippen LogP contribution in [0.25, 0.3) is 11.0 Å². The van der Waals surface area contributed by atoms with E-state index in [1.54, 1.807) is 44.4 Å². The number of anilines is 1. The first-order valence-electron chi connectivity index (χ1n) is 7.82. The molecule has 0 atom stereocenters. The molecule has 1 N–H and O–H groups in total. The average Bonchev–Trinajstić information content (AvgIpc) is 2.95. The monoisotopic (exact) mass is 356 g/mol. The minimum atomic E-state index is 0.531. The molecular formula is C17H20N6O3. The lowest BCUT2D eigenvalue weighted by Crippen LogP contribution is -1.99. The number of ether oxygens (including phenoxy) is 3. The van der Waals surface area contributed by atoms with Gasteiger partial charge < -0.3 is 14.2 Å². The van der Waals surface area contributed by atoms with Crippen molar-refractivity contribution in [3.63, 3.8) is 0 Å². The summed E-state index contributed by atoms with van der Waals surface area (Å²) in [6.07, 6.45) is 3.12. The highest BCUT2D eigenvalue weighted by Crippen LogP contribution is 2.37. The van der Waals surface area contributed by atoms with E-state index in [-0.39, 0.29) is 0 Å². The second-order valence-corrected chi connectivity index (χ2v) is 5.46. The fourth-order valence-corrected chi connectivity index (χ4v) is 2.71. The summed E-state index contributed by atoms with van der Waals surface area (Å²) < 4.78 is 17.7.